The van der Waals surface area contributed by atoms with Crippen molar-refractivity contribution in [1.29, 1.82) is 0 Å². The SMILES string of the molecule is O=C(Nc1ccccc1)N1CCC(C(=O)N2CCN(C(=O)c3ccc(C(F)(F)F)cc3)CC2)CC1. The van der Waals surface area contributed by atoms with Gasteiger partial charge in [-0.1, -0.05) is 18.2 Å². The van der Waals surface area contributed by atoms with E-state index < -0.39 is 11.7 Å². The lowest BCUT2D eigenvalue weighted by Gasteiger charge is -2.38. The Bertz CT molecular complexity index is 1040. The molecule has 0 aliphatic carbocycles. The van der Waals surface area contributed by atoms with Crippen LogP contribution in [0.15, 0.2) is 54.6 Å². The molecule has 2 aromatic carbocycles. The molecular formula is C25H27F3N4O3. The van der Waals surface area contributed by atoms with Crippen molar-refractivity contribution in [3.8, 4) is 0 Å². The standard InChI is InChI=1S/C25H27F3N4O3/c26-25(27,28)20-8-6-18(7-9-20)22(33)30-14-16-31(17-15-30)23(34)19-10-12-32(13-11-19)24(35)29-21-4-2-1-3-5-21/h1-9,19H,10-17H2,(H,29,35). The fourth-order valence-corrected chi connectivity index (χ4v) is 4.43. The Kier molecular flexibility index (Phi) is 7.28. The molecule has 0 radical (unpaired) electrons. The molecule has 10 heteroatoms. The Morgan fingerprint density at radius 1 is 0.743 bits per heavy atom. The predicted molar refractivity (Wildman–Crippen MR) is 124 cm³/mol. The Hall–Kier alpha value is -3.56. The number of likely N-dealkylation sites (tertiary alicyclic amines) is 1. The molecule has 0 unspecified atom stereocenters. The summed E-state index contributed by atoms with van der Waals surface area (Å²) in [6, 6.07) is 13.2. The quantitative estimate of drug-likeness (QED) is 0.712. The molecule has 2 fully saturated rings. The highest BCUT2D eigenvalue weighted by molar-refractivity contribution is 5.94. The number of piperidine rings is 1. The van der Waals surface area contributed by atoms with Crippen molar-refractivity contribution in [1.82, 2.24) is 14.7 Å². The number of anilines is 1. The highest BCUT2D eigenvalue weighted by Crippen LogP contribution is 2.29. The first kappa shape index (κ1) is 24.6. The van der Waals surface area contributed by atoms with Crippen LogP contribution in [0.2, 0.25) is 0 Å². The average molecular weight is 489 g/mol. The van der Waals surface area contributed by atoms with E-state index in [2.05, 4.69) is 5.32 Å². The van der Waals surface area contributed by atoms with Gasteiger partial charge >= 0.3 is 12.2 Å². The number of piperazine rings is 1. The third kappa shape index (κ3) is 5.93. The van der Waals surface area contributed by atoms with Crippen LogP contribution in [0.25, 0.3) is 0 Å². The van der Waals surface area contributed by atoms with E-state index in [-0.39, 0.29) is 29.3 Å². The topological polar surface area (TPSA) is 73.0 Å². The molecule has 4 amide bonds. The number of carbonyl (C=O) groups is 3. The summed E-state index contributed by atoms with van der Waals surface area (Å²) in [5.41, 5.74) is 0.117. The molecule has 2 aliphatic rings. The Morgan fingerprint density at radius 3 is 1.89 bits per heavy atom. The van der Waals surface area contributed by atoms with Gasteiger partial charge in [0.15, 0.2) is 0 Å². The number of halogens is 3. The van der Waals surface area contributed by atoms with Crippen molar-refractivity contribution in [2.24, 2.45) is 5.92 Å². The molecule has 0 spiro atoms. The first-order valence-corrected chi connectivity index (χ1v) is 11.6. The maximum absolute atomic E-state index is 13.0. The predicted octanol–water partition coefficient (Wildman–Crippen LogP) is 3.93. The lowest BCUT2D eigenvalue weighted by Crippen LogP contribution is -2.53. The zero-order valence-corrected chi connectivity index (χ0v) is 19.1. The number of hydrogen-bond donors (Lipinski definition) is 1. The van der Waals surface area contributed by atoms with Gasteiger partial charge in [-0.2, -0.15) is 13.2 Å². The van der Waals surface area contributed by atoms with Crippen LogP contribution in [-0.2, 0) is 11.0 Å². The van der Waals surface area contributed by atoms with E-state index in [9.17, 15) is 27.6 Å². The van der Waals surface area contributed by atoms with Crippen LogP contribution in [0.3, 0.4) is 0 Å². The Balaban J connectivity index is 1.23. The van der Waals surface area contributed by atoms with Crippen molar-refractivity contribution in [3.05, 3.63) is 65.7 Å². The third-order valence-corrected chi connectivity index (χ3v) is 6.49. The summed E-state index contributed by atoms with van der Waals surface area (Å²) in [7, 11) is 0. The molecular weight excluding hydrogens is 461 g/mol. The Labute approximate surface area is 201 Å². The first-order valence-electron chi connectivity index (χ1n) is 11.6. The van der Waals surface area contributed by atoms with Crippen LogP contribution in [-0.4, -0.2) is 71.8 Å². The highest BCUT2D eigenvalue weighted by atomic mass is 19.4. The normalized spacial score (nSPS) is 17.3. The zero-order chi connectivity index (χ0) is 25.0. The fraction of sp³-hybridized carbons (Fsp3) is 0.400. The van der Waals surface area contributed by atoms with Gasteiger partial charge in [0.05, 0.1) is 5.56 Å². The van der Waals surface area contributed by atoms with Gasteiger partial charge in [0.1, 0.15) is 0 Å². The molecule has 2 aromatic rings. The van der Waals surface area contributed by atoms with Crippen LogP contribution in [0, 0.1) is 5.92 Å². The number of nitrogens with one attached hydrogen (secondary N) is 1. The smallest absolute Gasteiger partial charge is 0.339 e. The van der Waals surface area contributed by atoms with E-state index in [0.29, 0.717) is 52.1 Å². The Morgan fingerprint density at radius 2 is 1.31 bits per heavy atom. The molecule has 35 heavy (non-hydrogen) atoms. The third-order valence-electron chi connectivity index (χ3n) is 6.49. The number of urea groups is 1. The molecule has 0 atom stereocenters. The van der Waals surface area contributed by atoms with Crippen LogP contribution >= 0.6 is 0 Å². The molecule has 1 N–H and O–H groups in total. The second-order valence-corrected chi connectivity index (χ2v) is 8.75. The summed E-state index contributed by atoms with van der Waals surface area (Å²) in [5, 5.41) is 2.86. The van der Waals surface area contributed by atoms with Crippen molar-refractivity contribution >= 4 is 23.5 Å². The van der Waals surface area contributed by atoms with Gasteiger partial charge in [0.2, 0.25) is 5.91 Å². The lowest BCUT2D eigenvalue weighted by molar-refractivity contribution is -0.138. The van der Waals surface area contributed by atoms with Gasteiger partial charge in [-0.15, -0.1) is 0 Å². The second kappa shape index (κ2) is 10.4. The summed E-state index contributed by atoms with van der Waals surface area (Å²) in [6.45, 7) is 2.37. The van der Waals surface area contributed by atoms with E-state index in [0.717, 1.165) is 17.8 Å². The molecule has 2 aliphatic heterocycles. The van der Waals surface area contributed by atoms with Gasteiger partial charge in [0, 0.05) is 56.4 Å². The number of alkyl halides is 3. The number of hydrogen-bond acceptors (Lipinski definition) is 3. The summed E-state index contributed by atoms with van der Waals surface area (Å²) in [5.74, 6) is -0.494. The van der Waals surface area contributed by atoms with Crippen molar-refractivity contribution in [2.45, 2.75) is 19.0 Å². The van der Waals surface area contributed by atoms with E-state index in [1.165, 1.54) is 12.1 Å². The zero-order valence-electron chi connectivity index (χ0n) is 19.1. The number of rotatable bonds is 3. The first-order chi connectivity index (χ1) is 16.7. The maximum Gasteiger partial charge on any atom is 0.416 e. The van der Waals surface area contributed by atoms with Crippen molar-refractivity contribution < 1.29 is 27.6 Å². The number of benzene rings is 2. The monoisotopic (exact) mass is 488 g/mol. The molecule has 2 saturated heterocycles. The molecule has 0 aromatic heterocycles. The minimum absolute atomic E-state index is 0.0229. The van der Waals surface area contributed by atoms with E-state index in [1.54, 1.807) is 14.7 Å². The molecule has 0 bridgehead atoms. The fourth-order valence-electron chi connectivity index (χ4n) is 4.43. The minimum atomic E-state index is -4.45. The van der Waals surface area contributed by atoms with Gasteiger partial charge < -0.3 is 20.0 Å². The van der Waals surface area contributed by atoms with Gasteiger partial charge in [0.25, 0.3) is 5.91 Å². The van der Waals surface area contributed by atoms with Crippen molar-refractivity contribution in [3.63, 3.8) is 0 Å². The van der Waals surface area contributed by atoms with E-state index in [1.807, 2.05) is 30.3 Å². The lowest BCUT2D eigenvalue weighted by atomic mass is 9.95. The van der Waals surface area contributed by atoms with Crippen molar-refractivity contribution in [2.75, 3.05) is 44.6 Å². The summed E-state index contributed by atoms with van der Waals surface area (Å²) in [6.07, 6.45) is -3.30. The second-order valence-electron chi connectivity index (χ2n) is 8.75. The molecule has 186 valence electrons. The van der Waals surface area contributed by atoms with Gasteiger partial charge in [-0.3, -0.25) is 9.59 Å². The van der Waals surface area contributed by atoms with Crippen LogP contribution in [0.5, 0.6) is 0 Å². The largest absolute Gasteiger partial charge is 0.416 e. The molecule has 4 rings (SSSR count). The summed E-state index contributed by atoms with van der Waals surface area (Å²) < 4.78 is 38.2. The van der Waals surface area contributed by atoms with E-state index in [4.69, 9.17) is 0 Å². The van der Waals surface area contributed by atoms with Crippen LogP contribution in [0.1, 0.15) is 28.8 Å². The van der Waals surface area contributed by atoms with Gasteiger partial charge in [-0.05, 0) is 49.2 Å². The van der Waals surface area contributed by atoms with Crippen LogP contribution < -0.4 is 5.32 Å². The van der Waals surface area contributed by atoms with Gasteiger partial charge in [-0.25, -0.2) is 4.79 Å². The molecule has 7 nitrogen and oxygen atoms in total. The average Bonchev–Trinajstić information content (AvgIpc) is 2.88. The summed E-state index contributed by atoms with van der Waals surface area (Å²) >= 11 is 0. The van der Waals surface area contributed by atoms with E-state index >= 15 is 0 Å². The maximum atomic E-state index is 13.0. The highest BCUT2D eigenvalue weighted by Gasteiger charge is 2.33. The molecule has 2 heterocycles. The summed E-state index contributed by atoms with van der Waals surface area (Å²) in [4.78, 5) is 43.1. The number of para-hydroxylation sites is 1. The number of carbonyl (C=O) groups excluding carboxylic acids is 3. The minimum Gasteiger partial charge on any atom is -0.339 e. The molecule has 0 saturated carbocycles. The van der Waals surface area contributed by atoms with Crippen LogP contribution in [0.4, 0.5) is 23.7 Å². The number of nitrogens with zero attached hydrogens (tertiary/aromatic N) is 3. The number of amides is 4.